The molecule has 1 aliphatic rings. The molecule has 4 heteroatoms. The van der Waals surface area contributed by atoms with E-state index in [4.69, 9.17) is 5.73 Å². The van der Waals surface area contributed by atoms with Crippen molar-refractivity contribution in [1.82, 2.24) is 10.3 Å². The van der Waals surface area contributed by atoms with E-state index in [-0.39, 0.29) is 11.4 Å². The second-order valence-corrected chi connectivity index (χ2v) is 5.06. The van der Waals surface area contributed by atoms with Gasteiger partial charge in [0.25, 0.3) is 0 Å². The number of nitrogens with zero attached hydrogens (tertiary/aromatic N) is 1. The molecule has 2 rings (SSSR count). The molecule has 1 saturated carbocycles. The number of rotatable bonds is 5. The number of hydrogen-bond acceptors (Lipinski definition) is 3. The number of nitrogens with two attached hydrogens (primary N) is 1. The van der Waals surface area contributed by atoms with Crippen LogP contribution in [0.1, 0.15) is 37.8 Å². The summed E-state index contributed by atoms with van der Waals surface area (Å²) in [6, 6.07) is 5.77. The van der Waals surface area contributed by atoms with Crippen molar-refractivity contribution in [3.05, 3.63) is 30.1 Å². The summed E-state index contributed by atoms with van der Waals surface area (Å²) in [5, 5.41) is 3.12. The highest BCUT2D eigenvalue weighted by Gasteiger charge is 2.33. The normalized spacial score (nSPS) is 17.6. The maximum atomic E-state index is 11.9. The summed E-state index contributed by atoms with van der Waals surface area (Å²) < 4.78 is 0. The van der Waals surface area contributed by atoms with Crippen LogP contribution in [0.5, 0.6) is 0 Å². The van der Waals surface area contributed by atoms with Gasteiger partial charge < -0.3 is 11.1 Å². The van der Waals surface area contributed by atoms with Gasteiger partial charge in [-0.2, -0.15) is 0 Å². The van der Waals surface area contributed by atoms with Crippen LogP contribution in [-0.4, -0.2) is 23.0 Å². The van der Waals surface area contributed by atoms with Gasteiger partial charge >= 0.3 is 0 Å². The Bertz CT molecular complexity index is 385. The van der Waals surface area contributed by atoms with E-state index in [0.717, 1.165) is 31.4 Å². The fraction of sp³-hybridized carbons (Fsp3) is 0.571. The monoisotopic (exact) mass is 247 g/mol. The third-order valence-corrected chi connectivity index (χ3v) is 3.69. The number of carbonyl (C=O) groups is 1. The Kier molecular flexibility index (Phi) is 4.31. The summed E-state index contributed by atoms with van der Waals surface area (Å²) in [5.74, 6) is 0.0907. The molecule has 1 aromatic rings. The lowest BCUT2D eigenvalue weighted by Crippen LogP contribution is -2.51. The van der Waals surface area contributed by atoms with Crippen LogP contribution in [0.2, 0.25) is 0 Å². The minimum absolute atomic E-state index is 0.0907. The first-order chi connectivity index (χ1) is 8.74. The van der Waals surface area contributed by atoms with Gasteiger partial charge in [0.15, 0.2) is 0 Å². The van der Waals surface area contributed by atoms with Crippen LogP contribution in [0.25, 0.3) is 0 Å². The van der Waals surface area contributed by atoms with Crippen LogP contribution in [0, 0.1) is 0 Å². The zero-order valence-electron chi connectivity index (χ0n) is 10.7. The number of aryl methyl sites for hydroxylation is 1. The first-order valence-corrected chi connectivity index (χ1v) is 6.65. The predicted octanol–water partition coefficient (Wildman–Crippen LogP) is 1.40. The SMILES string of the molecule is NCC1(NC(=O)CCc2ccccn2)CCCC1. The average Bonchev–Trinajstić information content (AvgIpc) is 2.87. The van der Waals surface area contributed by atoms with Crippen molar-refractivity contribution in [3.8, 4) is 0 Å². The predicted molar refractivity (Wildman–Crippen MR) is 71.0 cm³/mol. The largest absolute Gasteiger partial charge is 0.349 e. The van der Waals surface area contributed by atoms with Gasteiger partial charge in [0.2, 0.25) is 5.91 Å². The molecule has 0 aromatic carbocycles. The third kappa shape index (κ3) is 3.29. The van der Waals surface area contributed by atoms with Gasteiger partial charge in [-0.15, -0.1) is 0 Å². The minimum Gasteiger partial charge on any atom is -0.349 e. The molecule has 0 spiro atoms. The van der Waals surface area contributed by atoms with Gasteiger partial charge in [-0.25, -0.2) is 0 Å². The molecule has 0 aliphatic heterocycles. The van der Waals surface area contributed by atoms with E-state index < -0.39 is 0 Å². The molecule has 0 atom stereocenters. The van der Waals surface area contributed by atoms with Gasteiger partial charge in [0.05, 0.1) is 5.54 Å². The molecule has 1 amide bonds. The van der Waals surface area contributed by atoms with Gasteiger partial charge in [0, 0.05) is 24.9 Å². The van der Waals surface area contributed by atoms with Gasteiger partial charge in [0.1, 0.15) is 0 Å². The third-order valence-electron chi connectivity index (χ3n) is 3.69. The molecule has 3 N–H and O–H groups in total. The highest BCUT2D eigenvalue weighted by Crippen LogP contribution is 2.28. The Balaban J connectivity index is 1.82. The van der Waals surface area contributed by atoms with Crippen molar-refractivity contribution in [2.45, 2.75) is 44.1 Å². The lowest BCUT2D eigenvalue weighted by Gasteiger charge is -2.28. The summed E-state index contributed by atoms with van der Waals surface area (Å²) in [6.07, 6.45) is 7.28. The summed E-state index contributed by atoms with van der Waals surface area (Å²) in [4.78, 5) is 16.2. The van der Waals surface area contributed by atoms with Gasteiger partial charge in [-0.05, 0) is 31.4 Å². The van der Waals surface area contributed by atoms with Crippen molar-refractivity contribution in [2.75, 3.05) is 6.54 Å². The van der Waals surface area contributed by atoms with E-state index in [1.807, 2.05) is 18.2 Å². The molecule has 98 valence electrons. The molecule has 0 bridgehead atoms. The van der Waals surface area contributed by atoms with Crippen LogP contribution in [0.3, 0.4) is 0 Å². The zero-order chi connectivity index (χ0) is 12.8. The maximum absolute atomic E-state index is 11.9. The number of nitrogens with one attached hydrogen (secondary N) is 1. The standard InChI is InChI=1S/C14H21N3O/c15-11-14(8-2-3-9-14)17-13(18)7-6-12-5-1-4-10-16-12/h1,4-5,10H,2-3,6-9,11,15H2,(H,17,18). The fourth-order valence-corrected chi connectivity index (χ4v) is 2.58. The highest BCUT2D eigenvalue weighted by molar-refractivity contribution is 5.77. The minimum atomic E-state index is -0.138. The number of hydrogen-bond donors (Lipinski definition) is 2. The Morgan fingerprint density at radius 2 is 2.17 bits per heavy atom. The van der Waals surface area contributed by atoms with E-state index in [9.17, 15) is 4.79 Å². The molecule has 0 unspecified atom stereocenters. The van der Waals surface area contributed by atoms with Gasteiger partial charge in [-0.3, -0.25) is 9.78 Å². The number of pyridine rings is 1. The summed E-state index contributed by atoms with van der Waals surface area (Å²) in [5.41, 5.74) is 6.62. The summed E-state index contributed by atoms with van der Waals surface area (Å²) in [6.45, 7) is 0.544. The van der Waals surface area contributed by atoms with Crippen molar-refractivity contribution in [1.29, 1.82) is 0 Å². The molecule has 1 aliphatic carbocycles. The Hall–Kier alpha value is -1.42. The smallest absolute Gasteiger partial charge is 0.220 e. The van der Waals surface area contributed by atoms with Crippen molar-refractivity contribution < 1.29 is 4.79 Å². The van der Waals surface area contributed by atoms with Gasteiger partial charge in [-0.1, -0.05) is 18.9 Å². The molecule has 0 radical (unpaired) electrons. The Morgan fingerprint density at radius 1 is 1.39 bits per heavy atom. The van der Waals surface area contributed by atoms with Crippen LogP contribution in [0.4, 0.5) is 0 Å². The Morgan fingerprint density at radius 3 is 2.78 bits per heavy atom. The fourth-order valence-electron chi connectivity index (χ4n) is 2.58. The van der Waals surface area contributed by atoms with Crippen LogP contribution in [0.15, 0.2) is 24.4 Å². The van der Waals surface area contributed by atoms with E-state index in [1.165, 1.54) is 0 Å². The van der Waals surface area contributed by atoms with Crippen molar-refractivity contribution >= 4 is 5.91 Å². The molecule has 1 fully saturated rings. The topological polar surface area (TPSA) is 68.0 Å². The Labute approximate surface area is 108 Å². The van der Waals surface area contributed by atoms with E-state index >= 15 is 0 Å². The van der Waals surface area contributed by atoms with Crippen LogP contribution >= 0.6 is 0 Å². The molecule has 0 saturated heterocycles. The number of carbonyl (C=O) groups excluding carboxylic acids is 1. The zero-order valence-corrected chi connectivity index (χ0v) is 10.7. The second-order valence-electron chi connectivity index (χ2n) is 5.06. The summed E-state index contributed by atoms with van der Waals surface area (Å²) >= 11 is 0. The number of amides is 1. The highest BCUT2D eigenvalue weighted by atomic mass is 16.1. The second kappa shape index (κ2) is 5.96. The molecule has 1 heterocycles. The lowest BCUT2D eigenvalue weighted by atomic mass is 9.97. The van der Waals surface area contributed by atoms with E-state index in [2.05, 4.69) is 10.3 Å². The average molecular weight is 247 g/mol. The van der Waals surface area contributed by atoms with Crippen LogP contribution < -0.4 is 11.1 Å². The molecule has 1 aromatic heterocycles. The lowest BCUT2D eigenvalue weighted by molar-refractivity contribution is -0.122. The van der Waals surface area contributed by atoms with Crippen molar-refractivity contribution in [3.63, 3.8) is 0 Å². The van der Waals surface area contributed by atoms with E-state index in [0.29, 0.717) is 19.4 Å². The molecule has 4 nitrogen and oxygen atoms in total. The van der Waals surface area contributed by atoms with Crippen molar-refractivity contribution in [2.24, 2.45) is 5.73 Å². The van der Waals surface area contributed by atoms with E-state index in [1.54, 1.807) is 6.20 Å². The van der Waals surface area contributed by atoms with Crippen LogP contribution in [-0.2, 0) is 11.2 Å². The first kappa shape index (κ1) is 13.0. The number of aromatic nitrogens is 1. The molecule has 18 heavy (non-hydrogen) atoms. The quantitative estimate of drug-likeness (QED) is 0.826. The molecular formula is C14H21N3O. The first-order valence-electron chi connectivity index (χ1n) is 6.65. The molecular weight excluding hydrogens is 226 g/mol. The maximum Gasteiger partial charge on any atom is 0.220 e. The summed E-state index contributed by atoms with van der Waals surface area (Å²) in [7, 11) is 0.